The van der Waals surface area contributed by atoms with Crippen LogP contribution in [0.5, 0.6) is 0 Å². The maximum absolute atomic E-state index is 14.1. The lowest BCUT2D eigenvalue weighted by atomic mass is 9.79. The number of hydrogen-bond donors (Lipinski definition) is 0. The highest BCUT2D eigenvalue weighted by atomic mass is 32.1. The van der Waals surface area contributed by atoms with Gasteiger partial charge in [-0.2, -0.15) is 5.26 Å². The van der Waals surface area contributed by atoms with Crippen molar-refractivity contribution in [3.63, 3.8) is 0 Å². The summed E-state index contributed by atoms with van der Waals surface area (Å²) in [5, 5.41) is 9.39. The van der Waals surface area contributed by atoms with Crippen LogP contribution in [0.25, 0.3) is 5.57 Å². The number of carbonyl (C=O) groups is 2. The summed E-state index contributed by atoms with van der Waals surface area (Å²) in [5.74, 6) is 0.612. The molecular formula is C28H38N2O3S. The normalized spacial score (nSPS) is 27.4. The minimum atomic E-state index is -0.360. The van der Waals surface area contributed by atoms with Gasteiger partial charge in [-0.15, -0.1) is 11.3 Å². The molecule has 5 nitrogen and oxygen atoms in total. The molecule has 0 spiro atoms. The molecule has 2 saturated carbocycles. The van der Waals surface area contributed by atoms with E-state index in [1.54, 1.807) is 0 Å². The number of amides is 1. The van der Waals surface area contributed by atoms with Crippen LogP contribution in [0, 0.1) is 29.1 Å². The molecule has 1 aromatic heterocycles. The van der Waals surface area contributed by atoms with Gasteiger partial charge >= 0.3 is 5.97 Å². The van der Waals surface area contributed by atoms with Crippen LogP contribution in [-0.2, 0) is 9.53 Å². The summed E-state index contributed by atoms with van der Waals surface area (Å²) in [6.07, 6.45) is 15.2. The van der Waals surface area contributed by atoms with Gasteiger partial charge in [-0.05, 0) is 94.6 Å². The number of ether oxygens (including phenoxy) is 1. The van der Waals surface area contributed by atoms with Gasteiger partial charge in [-0.25, -0.2) is 4.79 Å². The van der Waals surface area contributed by atoms with E-state index in [-0.39, 0.29) is 29.8 Å². The Balaban J connectivity index is 1.69. The van der Waals surface area contributed by atoms with Crippen LogP contribution in [0.3, 0.4) is 0 Å². The van der Waals surface area contributed by atoms with Gasteiger partial charge < -0.3 is 9.64 Å². The Labute approximate surface area is 208 Å². The van der Waals surface area contributed by atoms with Gasteiger partial charge in [0.25, 0.3) is 0 Å². The van der Waals surface area contributed by atoms with Crippen LogP contribution in [0.15, 0.2) is 12.1 Å². The molecule has 0 radical (unpaired) electrons. The standard InChI is InChI=1S/C28H38N2O3S/c1-3-19-9-13-22(14-10-19)27(31)30(23-15-11-20(18-29)12-16-23)24-17-25(21-7-5-4-6-8-21)34-26(24)28(32)33-2/h7,17,19-20,22-23H,3-6,8-16H2,1-2H3. The topological polar surface area (TPSA) is 70.4 Å². The van der Waals surface area contributed by atoms with Crippen LogP contribution in [0.2, 0.25) is 0 Å². The SMILES string of the molecule is CCC1CCC(C(=O)N(c2cc(C3=CCCCC3)sc2C(=O)OC)C2CCC(C#N)CC2)CC1. The van der Waals surface area contributed by atoms with Crippen molar-refractivity contribution in [1.82, 2.24) is 0 Å². The number of nitriles is 1. The molecule has 0 aromatic carbocycles. The van der Waals surface area contributed by atoms with Crippen molar-refractivity contribution in [2.45, 2.75) is 96.4 Å². The Morgan fingerprint density at radius 3 is 2.44 bits per heavy atom. The monoisotopic (exact) mass is 482 g/mol. The Kier molecular flexibility index (Phi) is 8.47. The van der Waals surface area contributed by atoms with E-state index in [2.05, 4.69) is 25.1 Å². The first-order valence-corrected chi connectivity index (χ1v) is 14.0. The first-order valence-electron chi connectivity index (χ1n) is 13.2. The van der Waals surface area contributed by atoms with E-state index in [4.69, 9.17) is 4.74 Å². The molecular weight excluding hydrogens is 444 g/mol. The summed E-state index contributed by atoms with van der Waals surface area (Å²) in [6.45, 7) is 2.24. The second-order valence-electron chi connectivity index (χ2n) is 10.3. The number of carbonyl (C=O) groups excluding carboxylic acids is 2. The second-order valence-corrected chi connectivity index (χ2v) is 11.3. The second kappa shape index (κ2) is 11.5. The zero-order chi connectivity index (χ0) is 24.1. The molecule has 1 aromatic rings. The van der Waals surface area contributed by atoms with E-state index in [0.29, 0.717) is 4.88 Å². The molecule has 0 aliphatic heterocycles. The highest BCUT2D eigenvalue weighted by Gasteiger charge is 2.38. The third-order valence-electron chi connectivity index (χ3n) is 8.21. The number of rotatable bonds is 6. The summed E-state index contributed by atoms with van der Waals surface area (Å²) in [6, 6.07) is 4.53. The lowest BCUT2D eigenvalue weighted by Crippen LogP contribution is -2.46. The fourth-order valence-electron chi connectivity index (χ4n) is 5.99. The van der Waals surface area contributed by atoms with Crippen molar-refractivity contribution < 1.29 is 14.3 Å². The Morgan fingerprint density at radius 1 is 1.12 bits per heavy atom. The van der Waals surface area contributed by atoms with Crippen LogP contribution in [-0.4, -0.2) is 25.0 Å². The molecule has 2 fully saturated rings. The zero-order valence-electron chi connectivity index (χ0n) is 20.7. The fourth-order valence-corrected chi connectivity index (χ4v) is 7.13. The maximum atomic E-state index is 14.1. The van der Waals surface area contributed by atoms with Crippen molar-refractivity contribution in [1.29, 1.82) is 5.26 Å². The van der Waals surface area contributed by atoms with Crippen LogP contribution in [0.4, 0.5) is 5.69 Å². The van der Waals surface area contributed by atoms with Gasteiger partial charge in [0, 0.05) is 22.8 Å². The maximum Gasteiger partial charge on any atom is 0.350 e. The quantitative estimate of drug-likeness (QED) is 0.405. The molecule has 3 aliphatic rings. The van der Waals surface area contributed by atoms with E-state index in [9.17, 15) is 14.9 Å². The predicted molar refractivity (Wildman–Crippen MR) is 137 cm³/mol. The predicted octanol–water partition coefficient (Wildman–Crippen LogP) is 7.12. The zero-order valence-corrected chi connectivity index (χ0v) is 21.5. The number of allylic oxidation sites excluding steroid dienone is 2. The fraction of sp³-hybridized carbons (Fsp3) is 0.679. The average Bonchev–Trinajstić information content (AvgIpc) is 3.34. The minimum Gasteiger partial charge on any atom is -0.465 e. The molecule has 0 bridgehead atoms. The molecule has 1 heterocycles. The Bertz CT molecular complexity index is 943. The molecule has 0 saturated heterocycles. The average molecular weight is 483 g/mol. The molecule has 6 heteroatoms. The minimum absolute atomic E-state index is 0.0132. The molecule has 34 heavy (non-hydrogen) atoms. The van der Waals surface area contributed by atoms with Crippen LogP contribution >= 0.6 is 11.3 Å². The van der Waals surface area contributed by atoms with Crippen LogP contribution in [0.1, 0.15) is 105 Å². The van der Waals surface area contributed by atoms with Crippen molar-refractivity contribution in [3.05, 3.63) is 21.9 Å². The number of hydrogen-bond acceptors (Lipinski definition) is 5. The van der Waals surface area contributed by atoms with Gasteiger partial charge in [0.05, 0.1) is 18.9 Å². The highest BCUT2D eigenvalue weighted by molar-refractivity contribution is 7.15. The summed E-state index contributed by atoms with van der Waals surface area (Å²) >= 11 is 1.48. The van der Waals surface area contributed by atoms with E-state index >= 15 is 0 Å². The van der Waals surface area contributed by atoms with E-state index in [1.807, 2.05) is 4.90 Å². The van der Waals surface area contributed by atoms with Gasteiger partial charge in [-0.1, -0.05) is 19.4 Å². The van der Waals surface area contributed by atoms with Gasteiger partial charge in [0.1, 0.15) is 4.88 Å². The summed E-state index contributed by atoms with van der Waals surface area (Å²) in [4.78, 5) is 30.6. The lowest BCUT2D eigenvalue weighted by Gasteiger charge is -2.39. The smallest absolute Gasteiger partial charge is 0.350 e. The van der Waals surface area contributed by atoms with Gasteiger partial charge in [0.2, 0.25) is 5.91 Å². The first-order chi connectivity index (χ1) is 16.5. The number of anilines is 1. The third-order valence-corrected chi connectivity index (χ3v) is 9.39. The Morgan fingerprint density at radius 2 is 1.85 bits per heavy atom. The number of methoxy groups -OCH3 is 1. The number of esters is 1. The van der Waals surface area contributed by atoms with Gasteiger partial charge in [-0.3, -0.25) is 4.79 Å². The Hall–Kier alpha value is -2.13. The molecule has 0 atom stereocenters. The number of nitrogens with zero attached hydrogens (tertiary/aromatic N) is 2. The van der Waals surface area contributed by atoms with Crippen molar-refractivity contribution in [2.75, 3.05) is 12.0 Å². The van der Waals surface area contributed by atoms with E-state index < -0.39 is 0 Å². The first kappa shape index (κ1) is 25.0. The summed E-state index contributed by atoms with van der Waals surface area (Å²) < 4.78 is 5.17. The van der Waals surface area contributed by atoms with Crippen LogP contribution < -0.4 is 4.90 Å². The third kappa shape index (κ3) is 5.40. The molecule has 0 unspecified atom stereocenters. The molecule has 1 amide bonds. The summed E-state index contributed by atoms with van der Waals surface area (Å²) in [5.41, 5.74) is 2.03. The molecule has 0 N–H and O–H groups in total. The van der Waals surface area contributed by atoms with Gasteiger partial charge in [0.15, 0.2) is 0 Å². The molecule has 4 rings (SSSR count). The highest BCUT2D eigenvalue weighted by Crippen LogP contribution is 2.42. The van der Waals surface area contributed by atoms with Crippen molar-refractivity contribution in [3.8, 4) is 6.07 Å². The summed E-state index contributed by atoms with van der Waals surface area (Å²) in [7, 11) is 1.42. The lowest BCUT2D eigenvalue weighted by molar-refractivity contribution is -0.124. The molecule has 3 aliphatic carbocycles. The largest absolute Gasteiger partial charge is 0.465 e. The van der Waals surface area contributed by atoms with Crippen molar-refractivity contribution in [2.24, 2.45) is 17.8 Å². The van der Waals surface area contributed by atoms with E-state index in [1.165, 1.54) is 36.9 Å². The van der Waals surface area contributed by atoms with Crippen molar-refractivity contribution >= 4 is 34.5 Å². The number of thiophene rings is 1. The molecule has 184 valence electrons. The van der Waals surface area contributed by atoms with E-state index in [0.717, 1.165) is 87.1 Å².